The molecule has 17 heavy (non-hydrogen) atoms. The summed E-state index contributed by atoms with van der Waals surface area (Å²) in [6.07, 6.45) is 8.02. The first kappa shape index (κ1) is 13.4. The second kappa shape index (κ2) is 4.24. The van der Waals surface area contributed by atoms with Gasteiger partial charge in [0.05, 0.1) is 0 Å². The summed E-state index contributed by atoms with van der Waals surface area (Å²) in [5, 5.41) is 0. The van der Waals surface area contributed by atoms with Crippen LogP contribution in [0.4, 0.5) is 0 Å². The van der Waals surface area contributed by atoms with E-state index in [0.717, 1.165) is 6.54 Å². The molecule has 2 fully saturated rings. The van der Waals surface area contributed by atoms with Crippen LogP contribution in [0.15, 0.2) is 0 Å². The van der Waals surface area contributed by atoms with Crippen LogP contribution in [0.3, 0.4) is 0 Å². The number of nitrogens with two attached hydrogens (primary N) is 1. The van der Waals surface area contributed by atoms with Gasteiger partial charge in [-0.3, -0.25) is 4.90 Å². The predicted molar refractivity (Wildman–Crippen MR) is 74.1 cm³/mol. The maximum atomic E-state index is 6.27. The smallest absolute Gasteiger partial charge is 0.0387 e. The van der Waals surface area contributed by atoms with E-state index < -0.39 is 0 Å². The van der Waals surface area contributed by atoms with E-state index in [1.807, 2.05) is 0 Å². The summed E-state index contributed by atoms with van der Waals surface area (Å²) in [6.45, 7) is 11.8. The van der Waals surface area contributed by atoms with Gasteiger partial charge in [-0.15, -0.1) is 0 Å². The number of hydrogen-bond donors (Lipinski definition) is 1. The second-order valence-electron chi connectivity index (χ2n) is 7.39. The third-order valence-corrected chi connectivity index (χ3v) is 5.66. The quantitative estimate of drug-likeness (QED) is 0.800. The van der Waals surface area contributed by atoms with Crippen molar-refractivity contribution in [1.82, 2.24) is 4.90 Å². The molecule has 1 aliphatic carbocycles. The first-order chi connectivity index (χ1) is 7.86. The predicted octanol–water partition coefficient (Wildman–Crippen LogP) is 3.16. The van der Waals surface area contributed by atoms with Gasteiger partial charge >= 0.3 is 0 Å². The van der Waals surface area contributed by atoms with E-state index in [0.29, 0.717) is 11.0 Å². The normalized spacial score (nSPS) is 37.2. The fourth-order valence-corrected chi connectivity index (χ4v) is 4.45. The molecular weight excluding hydrogens is 208 g/mol. The molecule has 100 valence electrons. The Labute approximate surface area is 107 Å². The number of likely N-dealkylation sites (tertiary alicyclic amines) is 1. The van der Waals surface area contributed by atoms with Crippen LogP contribution in [-0.4, -0.2) is 29.1 Å². The summed E-state index contributed by atoms with van der Waals surface area (Å²) < 4.78 is 0. The van der Waals surface area contributed by atoms with Crippen molar-refractivity contribution in [3.05, 3.63) is 0 Å². The maximum Gasteiger partial charge on any atom is 0.0387 e. The molecule has 1 atom stereocenters. The summed E-state index contributed by atoms with van der Waals surface area (Å²) in [4.78, 5) is 2.76. The van der Waals surface area contributed by atoms with E-state index in [9.17, 15) is 0 Å². The SMILES string of the molecule is CC1(C)CCCN1C1(CN)CCCCC1(C)C. The minimum Gasteiger partial charge on any atom is -0.329 e. The van der Waals surface area contributed by atoms with E-state index in [1.54, 1.807) is 0 Å². The lowest BCUT2D eigenvalue weighted by Crippen LogP contribution is -2.67. The van der Waals surface area contributed by atoms with Gasteiger partial charge < -0.3 is 5.73 Å². The molecule has 0 radical (unpaired) electrons. The average Bonchev–Trinajstić information content (AvgIpc) is 2.59. The third-order valence-electron chi connectivity index (χ3n) is 5.66. The molecule has 0 aromatic carbocycles. The van der Waals surface area contributed by atoms with Gasteiger partial charge in [-0.25, -0.2) is 0 Å². The summed E-state index contributed by atoms with van der Waals surface area (Å²) in [6, 6.07) is 0. The Bertz CT molecular complexity index is 283. The average molecular weight is 238 g/mol. The Morgan fingerprint density at radius 1 is 0.941 bits per heavy atom. The zero-order valence-corrected chi connectivity index (χ0v) is 12.2. The van der Waals surface area contributed by atoms with Crippen LogP contribution in [0.1, 0.15) is 66.2 Å². The molecule has 2 rings (SSSR count). The van der Waals surface area contributed by atoms with Gasteiger partial charge in [0.1, 0.15) is 0 Å². The van der Waals surface area contributed by atoms with E-state index in [2.05, 4.69) is 32.6 Å². The van der Waals surface area contributed by atoms with Crippen LogP contribution in [0.5, 0.6) is 0 Å². The van der Waals surface area contributed by atoms with Crippen molar-refractivity contribution in [3.8, 4) is 0 Å². The zero-order chi connectivity index (χ0) is 12.7. The largest absolute Gasteiger partial charge is 0.329 e. The van der Waals surface area contributed by atoms with Gasteiger partial charge in [0.25, 0.3) is 0 Å². The molecule has 2 aliphatic rings. The third kappa shape index (κ3) is 1.94. The number of nitrogens with zero attached hydrogens (tertiary/aromatic N) is 1. The zero-order valence-electron chi connectivity index (χ0n) is 12.2. The molecule has 0 bridgehead atoms. The molecule has 0 aromatic rings. The van der Waals surface area contributed by atoms with Gasteiger partial charge in [0, 0.05) is 17.6 Å². The highest BCUT2D eigenvalue weighted by Gasteiger charge is 2.54. The van der Waals surface area contributed by atoms with Gasteiger partial charge in [0.2, 0.25) is 0 Å². The lowest BCUT2D eigenvalue weighted by molar-refractivity contribution is -0.0745. The lowest BCUT2D eigenvalue weighted by Gasteiger charge is -2.58. The monoisotopic (exact) mass is 238 g/mol. The highest BCUT2D eigenvalue weighted by atomic mass is 15.3. The highest BCUT2D eigenvalue weighted by molar-refractivity contribution is 5.10. The number of rotatable bonds is 2. The Balaban J connectivity index is 2.35. The molecule has 2 heteroatoms. The van der Waals surface area contributed by atoms with Crippen molar-refractivity contribution >= 4 is 0 Å². The topological polar surface area (TPSA) is 29.3 Å². The minimum absolute atomic E-state index is 0.241. The Morgan fingerprint density at radius 3 is 2.06 bits per heavy atom. The van der Waals surface area contributed by atoms with Crippen molar-refractivity contribution in [3.63, 3.8) is 0 Å². The maximum absolute atomic E-state index is 6.27. The van der Waals surface area contributed by atoms with Crippen LogP contribution in [0.25, 0.3) is 0 Å². The second-order valence-corrected chi connectivity index (χ2v) is 7.39. The molecular formula is C15H30N2. The summed E-state index contributed by atoms with van der Waals surface area (Å²) in [7, 11) is 0. The van der Waals surface area contributed by atoms with Gasteiger partial charge in [0.15, 0.2) is 0 Å². The Kier molecular flexibility index (Phi) is 3.33. The minimum atomic E-state index is 0.241. The molecule has 2 nitrogen and oxygen atoms in total. The van der Waals surface area contributed by atoms with Crippen molar-refractivity contribution in [1.29, 1.82) is 0 Å². The lowest BCUT2D eigenvalue weighted by atomic mass is 9.61. The molecule has 1 aliphatic heterocycles. The Hall–Kier alpha value is -0.0800. The molecule has 1 saturated carbocycles. The first-order valence-electron chi connectivity index (χ1n) is 7.34. The molecule has 0 aromatic heterocycles. The first-order valence-corrected chi connectivity index (χ1v) is 7.34. The van der Waals surface area contributed by atoms with Crippen LogP contribution < -0.4 is 5.73 Å². The molecule has 1 saturated heterocycles. The Morgan fingerprint density at radius 2 is 1.59 bits per heavy atom. The van der Waals surface area contributed by atoms with Crippen molar-refractivity contribution in [2.24, 2.45) is 11.1 Å². The van der Waals surface area contributed by atoms with Crippen LogP contribution in [0, 0.1) is 5.41 Å². The fourth-order valence-electron chi connectivity index (χ4n) is 4.45. The van der Waals surface area contributed by atoms with Crippen LogP contribution >= 0.6 is 0 Å². The van der Waals surface area contributed by atoms with Gasteiger partial charge in [-0.2, -0.15) is 0 Å². The van der Waals surface area contributed by atoms with Crippen molar-refractivity contribution < 1.29 is 0 Å². The van der Waals surface area contributed by atoms with Crippen LogP contribution in [0.2, 0.25) is 0 Å². The molecule has 0 amide bonds. The van der Waals surface area contributed by atoms with Crippen molar-refractivity contribution in [2.75, 3.05) is 13.1 Å². The molecule has 0 spiro atoms. The standard InChI is InChI=1S/C15H30N2/c1-13(2)8-5-6-10-15(13,12-16)17-11-7-9-14(17,3)4/h5-12,16H2,1-4H3. The van der Waals surface area contributed by atoms with Gasteiger partial charge in [-0.05, 0) is 51.5 Å². The van der Waals surface area contributed by atoms with Crippen molar-refractivity contribution in [2.45, 2.75) is 77.3 Å². The molecule has 1 unspecified atom stereocenters. The highest BCUT2D eigenvalue weighted by Crippen LogP contribution is 2.51. The number of hydrogen-bond acceptors (Lipinski definition) is 2. The fraction of sp³-hybridized carbons (Fsp3) is 1.00. The molecule has 2 N–H and O–H groups in total. The summed E-state index contributed by atoms with van der Waals surface area (Å²) in [5.41, 5.74) is 7.22. The van der Waals surface area contributed by atoms with Gasteiger partial charge in [-0.1, -0.05) is 26.7 Å². The molecule has 1 heterocycles. The summed E-state index contributed by atoms with van der Waals surface area (Å²) >= 11 is 0. The van der Waals surface area contributed by atoms with E-state index in [4.69, 9.17) is 5.73 Å². The summed E-state index contributed by atoms with van der Waals surface area (Å²) in [5.74, 6) is 0. The van der Waals surface area contributed by atoms with E-state index in [1.165, 1.54) is 45.1 Å². The van der Waals surface area contributed by atoms with E-state index in [-0.39, 0.29) is 5.54 Å². The van der Waals surface area contributed by atoms with Crippen LogP contribution in [-0.2, 0) is 0 Å². The van der Waals surface area contributed by atoms with E-state index >= 15 is 0 Å².